The third-order valence-corrected chi connectivity index (χ3v) is 6.63. The largest absolute Gasteiger partial charge is 0.449 e. The lowest BCUT2D eigenvalue weighted by molar-refractivity contribution is -0.123. The van der Waals surface area contributed by atoms with Crippen LogP contribution in [-0.2, 0) is 19.6 Å². The second kappa shape index (κ2) is 9.10. The van der Waals surface area contributed by atoms with E-state index < -0.39 is 28.0 Å². The summed E-state index contributed by atoms with van der Waals surface area (Å²) in [7, 11) is -3.84. The third kappa shape index (κ3) is 5.08. The van der Waals surface area contributed by atoms with Crippen molar-refractivity contribution in [2.24, 2.45) is 5.14 Å². The zero-order valence-corrected chi connectivity index (χ0v) is 19.0. The van der Waals surface area contributed by atoms with Crippen LogP contribution in [-0.4, -0.2) is 31.4 Å². The SMILES string of the molecule is C[C@H](OC(=O)c1cc(-c2cccs2)nc2ccccc12)C(=O)Nc1ccc(S(N)(=O)=O)cc1. The van der Waals surface area contributed by atoms with Gasteiger partial charge in [-0.25, -0.2) is 23.3 Å². The van der Waals surface area contributed by atoms with E-state index in [1.807, 2.05) is 29.6 Å². The number of nitrogens with one attached hydrogen (secondary N) is 1. The van der Waals surface area contributed by atoms with E-state index in [0.717, 1.165) is 4.88 Å². The van der Waals surface area contributed by atoms with Crippen LogP contribution >= 0.6 is 11.3 Å². The molecule has 0 aliphatic rings. The standard InChI is InChI=1S/C23H19N3O5S2/c1-14(22(27)25-15-8-10-16(11-9-15)33(24,29)30)31-23(28)18-13-20(21-7-4-12-32-21)26-19-6-3-2-5-17(18)19/h2-14H,1H3,(H,25,27)(H2,24,29,30)/t14-/m0/s1. The lowest BCUT2D eigenvalue weighted by Gasteiger charge is -2.15. The van der Waals surface area contributed by atoms with Crippen LogP contribution in [0.5, 0.6) is 0 Å². The predicted molar refractivity (Wildman–Crippen MR) is 126 cm³/mol. The van der Waals surface area contributed by atoms with Gasteiger partial charge in [-0.05, 0) is 54.8 Å². The first-order chi connectivity index (χ1) is 15.7. The van der Waals surface area contributed by atoms with Crippen molar-refractivity contribution in [2.75, 3.05) is 5.32 Å². The molecular weight excluding hydrogens is 462 g/mol. The van der Waals surface area contributed by atoms with Crippen LogP contribution in [0.1, 0.15) is 17.3 Å². The van der Waals surface area contributed by atoms with Crippen molar-refractivity contribution in [3.63, 3.8) is 0 Å². The highest BCUT2D eigenvalue weighted by Gasteiger charge is 2.22. The van der Waals surface area contributed by atoms with E-state index in [0.29, 0.717) is 27.8 Å². The van der Waals surface area contributed by atoms with Crippen molar-refractivity contribution >= 4 is 49.8 Å². The summed E-state index contributed by atoms with van der Waals surface area (Å²) in [5.41, 5.74) is 1.93. The average molecular weight is 482 g/mol. The number of primary sulfonamides is 1. The number of hydrogen-bond acceptors (Lipinski definition) is 7. The Balaban J connectivity index is 1.53. The number of anilines is 1. The van der Waals surface area contributed by atoms with Crippen LogP contribution < -0.4 is 10.5 Å². The van der Waals surface area contributed by atoms with E-state index in [-0.39, 0.29) is 4.90 Å². The molecule has 0 unspecified atom stereocenters. The number of ether oxygens (including phenoxy) is 1. The van der Waals surface area contributed by atoms with Crippen LogP contribution in [0.3, 0.4) is 0 Å². The first-order valence-electron chi connectivity index (χ1n) is 9.81. The molecule has 0 spiro atoms. The lowest BCUT2D eigenvalue weighted by atomic mass is 10.1. The number of para-hydroxylation sites is 1. The normalized spacial score (nSPS) is 12.3. The third-order valence-electron chi connectivity index (χ3n) is 4.81. The van der Waals surface area contributed by atoms with Crippen molar-refractivity contribution < 1.29 is 22.7 Å². The number of nitrogens with two attached hydrogens (primary N) is 1. The van der Waals surface area contributed by atoms with Crippen molar-refractivity contribution in [2.45, 2.75) is 17.9 Å². The molecule has 2 aromatic carbocycles. The molecule has 0 radical (unpaired) electrons. The Labute approximate surface area is 194 Å². The molecule has 4 aromatic rings. The van der Waals surface area contributed by atoms with Gasteiger partial charge in [-0.2, -0.15) is 0 Å². The Morgan fingerprint density at radius 1 is 1.06 bits per heavy atom. The molecule has 3 N–H and O–H groups in total. The second-order valence-electron chi connectivity index (χ2n) is 7.16. The molecular formula is C23H19N3O5S2. The Hall–Kier alpha value is -3.60. The summed E-state index contributed by atoms with van der Waals surface area (Å²) < 4.78 is 28.1. The Morgan fingerprint density at radius 3 is 2.45 bits per heavy atom. The summed E-state index contributed by atoms with van der Waals surface area (Å²) in [6.45, 7) is 1.45. The Kier molecular flexibility index (Phi) is 6.23. The number of carbonyl (C=O) groups excluding carboxylic acids is 2. The van der Waals surface area contributed by atoms with Crippen LogP contribution in [0.25, 0.3) is 21.5 Å². The molecule has 4 rings (SSSR count). The molecule has 10 heteroatoms. The van der Waals surface area contributed by atoms with E-state index in [1.165, 1.54) is 42.5 Å². The number of nitrogens with zero attached hydrogens (tertiary/aromatic N) is 1. The van der Waals surface area contributed by atoms with Crippen LogP contribution in [0.2, 0.25) is 0 Å². The number of aromatic nitrogens is 1. The predicted octanol–water partition coefficient (Wildman–Crippen LogP) is 3.79. The van der Waals surface area contributed by atoms with Gasteiger partial charge >= 0.3 is 5.97 Å². The molecule has 0 aliphatic heterocycles. The second-order valence-corrected chi connectivity index (χ2v) is 9.66. The summed E-state index contributed by atoms with van der Waals surface area (Å²) in [4.78, 5) is 31.0. The van der Waals surface area contributed by atoms with Gasteiger partial charge in [-0.3, -0.25) is 4.79 Å². The van der Waals surface area contributed by atoms with E-state index in [9.17, 15) is 18.0 Å². The highest BCUT2D eigenvalue weighted by molar-refractivity contribution is 7.89. The molecule has 0 fully saturated rings. The van der Waals surface area contributed by atoms with E-state index in [1.54, 1.807) is 18.2 Å². The zero-order valence-electron chi connectivity index (χ0n) is 17.4. The van der Waals surface area contributed by atoms with Gasteiger partial charge in [0.25, 0.3) is 5.91 Å². The van der Waals surface area contributed by atoms with Gasteiger partial charge in [0, 0.05) is 11.1 Å². The molecule has 1 atom stereocenters. The maximum atomic E-state index is 13.0. The first-order valence-corrected chi connectivity index (χ1v) is 12.2. The Morgan fingerprint density at radius 2 is 1.79 bits per heavy atom. The van der Waals surface area contributed by atoms with E-state index in [2.05, 4.69) is 10.3 Å². The number of hydrogen-bond donors (Lipinski definition) is 2. The topological polar surface area (TPSA) is 128 Å². The zero-order chi connectivity index (χ0) is 23.6. The fourth-order valence-electron chi connectivity index (χ4n) is 3.14. The molecule has 8 nitrogen and oxygen atoms in total. The van der Waals surface area contributed by atoms with E-state index >= 15 is 0 Å². The maximum absolute atomic E-state index is 13.0. The van der Waals surface area contributed by atoms with Crippen molar-refractivity contribution in [1.82, 2.24) is 4.98 Å². The molecule has 0 saturated carbocycles. The van der Waals surface area contributed by atoms with E-state index in [4.69, 9.17) is 9.88 Å². The maximum Gasteiger partial charge on any atom is 0.339 e. The molecule has 168 valence electrons. The number of benzene rings is 2. The number of fused-ring (bicyclic) bond motifs is 1. The minimum absolute atomic E-state index is 0.0777. The van der Waals surface area contributed by atoms with Gasteiger partial charge in [-0.15, -0.1) is 11.3 Å². The van der Waals surface area contributed by atoms with Crippen LogP contribution in [0.4, 0.5) is 5.69 Å². The van der Waals surface area contributed by atoms with Crippen LogP contribution in [0, 0.1) is 0 Å². The number of rotatable bonds is 6. The van der Waals surface area contributed by atoms with Gasteiger partial charge in [0.05, 0.1) is 26.5 Å². The molecule has 0 bridgehead atoms. The van der Waals surface area contributed by atoms with Gasteiger partial charge in [-0.1, -0.05) is 24.3 Å². The number of carbonyl (C=O) groups is 2. The molecule has 2 aromatic heterocycles. The Bertz CT molecular complexity index is 1430. The minimum Gasteiger partial charge on any atom is -0.449 e. The fraction of sp³-hybridized carbons (Fsp3) is 0.0870. The number of sulfonamides is 1. The molecule has 2 heterocycles. The monoisotopic (exact) mass is 481 g/mol. The van der Waals surface area contributed by atoms with Crippen molar-refractivity contribution in [1.29, 1.82) is 0 Å². The van der Waals surface area contributed by atoms with Gasteiger partial charge < -0.3 is 10.1 Å². The highest BCUT2D eigenvalue weighted by atomic mass is 32.2. The van der Waals surface area contributed by atoms with Crippen LogP contribution in [0.15, 0.2) is 77.0 Å². The number of pyridine rings is 1. The molecule has 33 heavy (non-hydrogen) atoms. The first kappa shape index (κ1) is 22.6. The summed E-state index contributed by atoms with van der Waals surface area (Å²) in [5.74, 6) is -1.22. The van der Waals surface area contributed by atoms with Crippen molar-refractivity contribution in [3.8, 4) is 10.6 Å². The average Bonchev–Trinajstić information content (AvgIpc) is 3.33. The number of thiophene rings is 1. The summed E-state index contributed by atoms with van der Waals surface area (Å²) >= 11 is 1.50. The quantitative estimate of drug-likeness (QED) is 0.403. The fourth-order valence-corrected chi connectivity index (χ4v) is 4.35. The summed E-state index contributed by atoms with van der Waals surface area (Å²) in [6.07, 6.45) is -1.10. The van der Waals surface area contributed by atoms with Gasteiger partial charge in [0.15, 0.2) is 6.10 Å². The molecule has 0 saturated heterocycles. The number of esters is 1. The lowest BCUT2D eigenvalue weighted by Crippen LogP contribution is -2.30. The smallest absolute Gasteiger partial charge is 0.339 e. The summed E-state index contributed by atoms with van der Waals surface area (Å²) in [5, 5.41) is 10.2. The van der Waals surface area contributed by atoms with Gasteiger partial charge in [0.2, 0.25) is 10.0 Å². The summed E-state index contributed by atoms with van der Waals surface area (Å²) in [6, 6.07) is 18.0. The minimum atomic E-state index is -3.84. The molecule has 1 amide bonds. The van der Waals surface area contributed by atoms with Gasteiger partial charge in [0.1, 0.15) is 0 Å². The number of amides is 1. The highest BCUT2D eigenvalue weighted by Crippen LogP contribution is 2.28. The molecule has 0 aliphatic carbocycles. The van der Waals surface area contributed by atoms with Crippen molar-refractivity contribution in [3.05, 3.63) is 77.7 Å².